The third-order valence-corrected chi connectivity index (χ3v) is 4.59. The summed E-state index contributed by atoms with van der Waals surface area (Å²) in [6.07, 6.45) is 0. The van der Waals surface area contributed by atoms with E-state index in [4.69, 9.17) is 14.2 Å². The second-order valence-corrected chi connectivity index (χ2v) is 6.31. The van der Waals surface area contributed by atoms with Crippen LogP contribution < -0.4 is 14.2 Å². The van der Waals surface area contributed by atoms with Crippen molar-refractivity contribution in [1.82, 2.24) is 4.98 Å². The molecule has 0 saturated carbocycles. The summed E-state index contributed by atoms with van der Waals surface area (Å²) in [6, 6.07) is 11.0. The average molecular weight is 413 g/mol. The fourth-order valence-electron chi connectivity index (χ4n) is 3.12. The molecular formula is C22H14F3NO4. The highest BCUT2D eigenvalue weighted by Gasteiger charge is 2.24. The van der Waals surface area contributed by atoms with Gasteiger partial charge in [0.05, 0.1) is 30.8 Å². The van der Waals surface area contributed by atoms with Gasteiger partial charge in [-0.3, -0.25) is 0 Å². The van der Waals surface area contributed by atoms with Crippen molar-refractivity contribution in [2.45, 2.75) is 0 Å². The highest BCUT2D eigenvalue weighted by molar-refractivity contribution is 6.15. The minimum Gasteiger partial charge on any atom is -0.497 e. The zero-order chi connectivity index (χ0) is 21.4. The predicted molar refractivity (Wildman–Crippen MR) is 104 cm³/mol. The number of esters is 1. The van der Waals surface area contributed by atoms with E-state index in [9.17, 15) is 18.0 Å². The maximum Gasteiger partial charge on any atom is 0.345 e. The van der Waals surface area contributed by atoms with Crippen LogP contribution in [0.1, 0.15) is 10.4 Å². The molecule has 152 valence electrons. The molecule has 0 amide bonds. The molecule has 0 unspecified atom stereocenters. The summed E-state index contributed by atoms with van der Waals surface area (Å²) >= 11 is 0. The Morgan fingerprint density at radius 2 is 1.33 bits per heavy atom. The summed E-state index contributed by atoms with van der Waals surface area (Å²) in [5, 5.41) is 0.662. The van der Waals surface area contributed by atoms with Crippen molar-refractivity contribution in [3.8, 4) is 17.2 Å². The number of halogens is 3. The van der Waals surface area contributed by atoms with E-state index >= 15 is 0 Å². The molecule has 0 atom stereocenters. The second-order valence-electron chi connectivity index (χ2n) is 6.31. The van der Waals surface area contributed by atoms with Crippen molar-refractivity contribution in [2.24, 2.45) is 0 Å². The van der Waals surface area contributed by atoms with Gasteiger partial charge in [-0.25, -0.2) is 18.6 Å². The largest absolute Gasteiger partial charge is 0.497 e. The number of carbonyl (C=O) groups is 1. The van der Waals surface area contributed by atoms with E-state index in [1.54, 1.807) is 36.4 Å². The monoisotopic (exact) mass is 413 g/mol. The van der Waals surface area contributed by atoms with Gasteiger partial charge in [0.2, 0.25) is 11.6 Å². The van der Waals surface area contributed by atoms with Crippen LogP contribution in [0.4, 0.5) is 13.2 Å². The third kappa shape index (κ3) is 3.26. The molecule has 4 rings (SSSR count). The van der Waals surface area contributed by atoms with E-state index in [0.717, 1.165) is 0 Å². The molecule has 5 nitrogen and oxygen atoms in total. The second kappa shape index (κ2) is 7.55. The number of aromatic nitrogens is 1. The summed E-state index contributed by atoms with van der Waals surface area (Å²) in [5.74, 6) is -5.48. The highest BCUT2D eigenvalue weighted by Crippen LogP contribution is 2.33. The number of benzene rings is 3. The maximum absolute atomic E-state index is 14.1. The van der Waals surface area contributed by atoms with Gasteiger partial charge >= 0.3 is 5.97 Å². The fraction of sp³-hybridized carbons (Fsp3) is 0.0909. The van der Waals surface area contributed by atoms with Gasteiger partial charge in [-0.15, -0.1) is 0 Å². The van der Waals surface area contributed by atoms with Gasteiger partial charge in [-0.2, -0.15) is 4.39 Å². The average Bonchev–Trinajstić information content (AvgIpc) is 2.76. The van der Waals surface area contributed by atoms with E-state index in [-0.39, 0.29) is 5.56 Å². The molecule has 0 aliphatic rings. The third-order valence-electron chi connectivity index (χ3n) is 4.59. The Labute approximate surface area is 168 Å². The number of rotatable bonds is 4. The molecule has 0 spiro atoms. The summed E-state index contributed by atoms with van der Waals surface area (Å²) < 4.78 is 57.0. The molecule has 8 heteroatoms. The van der Waals surface area contributed by atoms with Crippen LogP contribution in [0.5, 0.6) is 17.2 Å². The van der Waals surface area contributed by atoms with Crippen LogP contribution in [-0.4, -0.2) is 25.2 Å². The van der Waals surface area contributed by atoms with E-state index in [0.29, 0.717) is 45.4 Å². The number of nitrogens with zero attached hydrogens (tertiary/aromatic N) is 1. The van der Waals surface area contributed by atoms with Gasteiger partial charge in [0.25, 0.3) is 0 Å². The first-order valence-electron chi connectivity index (χ1n) is 8.74. The van der Waals surface area contributed by atoms with E-state index < -0.39 is 29.2 Å². The first kappa shape index (κ1) is 19.5. The Kier molecular flexibility index (Phi) is 4.91. The van der Waals surface area contributed by atoms with Gasteiger partial charge in [-0.1, -0.05) is 0 Å². The van der Waals surface area contributed by atoms with Gasteiger partial charge in [0, 0.05) is 10.8 Å². The SMILES string of the molecule is COc1ccc2nc3ccc(OC)cc3c(C(=O)Oc3c(F)ccc(F)c3F)c2c1. The van der Waals surface area contributed by atoms with Crippen LogP contribution in [-0.2, 0) is 0 Å². The van der Waals surface area contributed by atoms with Crippen molar-refractivity contribution in [3.63, 3.8) is 0 Å². The first-order chi connectivity index (χ1) is 14.4. The molecule has 0 N–H and O–H groups in total. The number of ether oxygens (including phenoxy) is 3. The highest BCUT2D eigenvalue weighted by atomic mass is 19.2. The molecule has 1 heterocycles. The van der Waals surface area contributed by atoms with Crippen LogP contribution >= 0.6 is 0 Å². The number of methoxy groups -OCH3 is 2. The number of carbonyl (C=O) groups excluding carboxylic acids is 1. The van der Waals surface area contributed by atoms with Crippen LogP contribution in [0.15, 0.2) is 48.5 Å². The molecule has 0 saturated heterocycles. The topological polar surface area (TPSA) is 57.7 Å². The molecular weight excluding hydrogens is 399 g/mol. The molecule has 1 aromatic heterocycles. The number of pyridine rings is 1. The van der Waals surface area contributed by atoms with Crippen molar-refractivity contribution < 1.29 is 32.2 Å². The maximum atomic E-state index is 14.1. The Morgan fingerprint density at radius 1 is 0.800 bits per heavy atom. The molecule has 0 bridgehead atoms. The van der Waals surface area contributed by atoms with Crippen LogP contribution in [0.2, 0.25) is 0 Å². The van der Waals surface area contributed by atoms with Crippen molar-refractivity contribution in [2.75, 3.05) is 14.2 Å². The zero-order valence-electron chi connectivity index (χ0n) is 15.8. The lowest BCUT2D eigenvalue weighted by Crippen LogP contribution is -2.13. The van der Waals surface area contributed by atoms with Crippen molar-refractivity contribution in [1.29, 1.82) is 0 Å². The molecule has 4 aromatic rings. The Bertz CT molecular complexity index is 1250. The van der Waals surface area contributed by atoms with Gasteiger partial charge in [0.15, 0.2) is 11.6 Å². The Balaban J connectivity index is 1.98. The predicted octanol–water partition coefficient (Wildman–Crippen LogP) is 5.04. The number of hydrogen-bond donors (Lipinski definition) is 0. The van der Waals surface area contributed by atoms with Gasteiger partial charge < -0.3 is 14.2 Å². The quantitative estimate of drug-likeness (QED) is 0.203. The standard InChI is InChI=1S/C22H14F3NO4/c1-28-11-3-7-17-13(9-11)19(14-10-12(29-2)4-8-18(14)26-17)22(27)30-21-16(24)6-5-15(23)20(21)25/h3-10H,1-2H3. The van der Waals surface area contributed by atoms with E-state index in [2.05, 4.69) is 4.98 Å². The normalized spacial score (nSPS) is 11.0. The summed E-state index contributed by atoms with van der Waals surface area (Å²) in [4.78, 5) is 17.6. The fourth-order valence-corrected chi connectivity index (χ4v) is 3.12. The zero-order valence-corrected chi connectivity index (χ0v) is 15.8. The minimum atomic E-state index is -1.60. The first-order valence-corrected chi connectivity index (χ1v) is 8.74. The molecule has 0 aliphatic heterocycles. The molecule has 0 radical (unpaired) electrons. The summed E-state index contributed by atoms with van der Waals surface area (Å²) in [5.41, 5.74) is 0.845. The summed E-state index contributed by atoms with van der Waals surface area (Å²) in [6.45, 7) is 0. The molecule has 0 aliphatic carbocycles. The lowest BCUT2D eigenvalue weighted by atomic mass is 10.0. The van der Waals surface area contributed by atoms with Crippen LogP contribution in [0, 0.1) is 17.5 Å². The van der Waals surface area contributed by atoms with Crippen LogP contribution in [0.3, 0.4) is 0 Å². The number of hydrogen-bond acceptors (Lipinski definition) is 5. The lowest BCUT2D eigenvalue weighted by Gasteiger charge is -2.13. The Morgan fingerprint density at radius 3 is 1.87 bits per heavy atom. The Hall–Kier alpha value is -3.81. The number of fused-ring (bicyclic) bond motifs is 2. The van der Waals surface area contributed by atoms with Gasteiger partial charge in [0.1, 0.15) is 11.5 Å². The smallest absolute Gasteiger partial charge is 0.345 e. The van der Waals surface area contributed by atoms with Gasteiger partial charge in [-0.05, 0) is 48.5 Å². The van der Waals surface area contributed by atoms with E-state index in [1.165, 1.54) is 14.2 Å². The van der Waals surface area contributed by atoms with Crippen LogP contribution in [0.25, 0.3) is 21.8 Å². The van der Waals surface area contributed by atoms with Crippen molar-refractivity contribution >= 4 is 27.8 Å². The molecule has 30 heavy (non-hydrogen) atoms. The molecule has 3 aromatic carbocycles. The van der Waals surface area contributed by atoms with Crippen molar-refractivity contribution in [3.05, 3.63) is 71.5 Å². The summed E-state index contributed by atoms with van der Waals surface area (Å²) in [7, 11) is 2.91. The molecule has 0 fully saturated rings. The minimum absolute atomic E-state index is 0.0177. The van der Waals surface area contributed by atoms with E-state index in [1.807, 2.05) is 0 Å². The lowest BCUT2D eigenvalue weighted by molar-refractivity contribution is 0.0723.